The maximum absolute atomic E-state index is 13.0. The van der Waals surface area contributed by atoms with Crippen molar-refractivity contribution in [2.24, 2.45) is 0 Å². The summed E-state index contributed by atoms with van der Waals surface area (Å²) >= 11 is 0. The lowest BCUT2D eigenvalue weighted by Gasteiger charge is -2.37. The van der Waals surface area contributed by atoms with E-state index in [1.807, 2.05) is 31.2 Å². The molecule has 0 bridgehead atoms. The number of hydrogen-bond acceptors (Lipinski definition) is 6. The maximum Gasteiger partial charge on any atom is 0.243 e. The van der Waals surface area contributed by atoms with Crippen molar-refractivity contribution >= 4 is 15.9 Å². The molecule has 1 aromatic heterocycles. The molecule has 1 amide bonds. The van der Waals surface area contributed by atoms with Gasteiger partial charge in [0.2, 0.25) is 15.9 Å². The topological polar surface area (TPSA) is 97.6 Å². The Kier molecular flexibility index (Phi) is 5.63. The first kappa shape index (κ1) is 21.6. The fourth-order valence-electron chi connectivity index (χ4n) is 4.04. The number of aryl methyl sites for hydroxylation is 1. The van der Waals surface area contributed by atoms with Gasteiger partial charge in [-0.15, -0.1) is 5.10 Å². The van der Waals surface area contributed by atoms with Crippen LogP contribution in [-0.2, 0) is 21.4 Å². The largest absolute Gasteiger partial charge is 0.457 e. The van der Waals surface area contributed by atoms with Crippen LogP contribution in [0.5, 0.6) is 11.5 Å². The summed E-state index contributed by atoms with van der Waals surface area (Å²) in [6, 6.07) is 14.1. The lowest BCUT2D eigenvalue weighted by molar-refractivity contribution is -0.128. The van der Waals surface area contributed by atoms with Crippen LogP contribution < -0.4 is 4.74 Å². The molecule has 3 aromatic rings. The predicted octanol–water partition coefficient (Wildman–Crippen LogP) is 2.75. The summed E-state index contributed by atoms with van der Waals surface area (Å²) < 4.78 is 34.9. The summed E-state index contributed by atoms with van der Waals surface area (Å²) in [5.41, 5.74) is 1.72. The number of amides is 1. The Morgan fingerprint density at radius 3 is 2.55 bits per heavy atom. The molecule has 0 atom stereocenters. The molecule has 2 aliphatic heterocycles. The van der Waals surface area contributed by atoms with Gasteiger partial charge in [-0.2, -0.15) is 4.31 Å². The van der Waals surface area contributed by atoms with E-state index < -0.39 is 10.0 Å². The molecule has 0 saturated carbocycles. The molecule has 2 aromatic carbocycles. The lowest BCUT2D eigenvalue weighted by atomic mass is 10.2. The number of nitrogens with zero attached hydrogens (tertiary/aromatic N) is 5. The van der Waals surface area contributed by atoms with Crippen molar-refractivity contribution in [2.75, 3.05) is 19.6 Å². The van der Waals surface area contributed by atoms with E-state index in [-0.39, 0.29) is 16.8 Å². The highest BCUT2D eigenvalue weighted by molar-refractivity contribution is 7.89. The standard InChI is InChI=1S/C23H25N5O4S/c1-17-5-2-3-6-22(17)32-20-8-10-21(11-9-20)33(30,31)27-15-19(16-27)28-14-18(24-25-28)13-26-12-4-7-23(26)29/h2-3,5-6,8-11,14,19H,4,7,12-13,15-16H2,1H3. The number of hydrogen-bond donors (Lipinski definition) is 0. The molecule has 3 heterocycles. The van der Waals surface area contributed by atoms with Crippen LogP contribution in [0.15, 0.2) is 59.6 Å². The Balaban J connectivity index is 1.20. The fourth-order valence-corrected chi connectivity index (χ4v) is 5.55. The van der Waals surface area contributed by atoms with Gasteiger partial charge in [-0.1, -0.05) is 23.4 Å². The van der Waals surface area contributed by atoms with Crippen molar-refractivity contribution in [1.29, 1.82) is 0 Å². The molecule has 2 aliphatic rings. The molecule has 0 unspecified atom stereocenters. The molecule has 172 valence electrons. The Morgan fingerprint density at radius 1 is 1.09 bits per heavy atom. The lowest BCUT2D eigenvalue weighted by Crippen LogP contribution is -2.50. The normalized spacial score (nSPS) is 17.4. The van der Waals surface area contributed by atoms with Crippen LogP contribution in [0.3, 0.4) is 0 Å². The van der Waals surface area contributed by atoms with Gasteiger partial charge in [-0.3, -0.25) is 4.79 Å². The van der Waals surface area contributed by atoms with Crippen molar-refractivity contribution in [1.82, 2.24) is 24.2 Å². The van der Waals surface area contributed by atoms with Crippen LogP contribution in [-0.4, -0.2) is 58.2 Å². The number of ether oxygens (including phenoxy) is 1. The summed E-state index contributed by atoms with van der Waals surface area (Å²) in [6.07, 6.45) is 3.27. The molecule has 9 nitrogen and oxygen atoms in total. The Labute approximate surface area is 192 Å². The number of likely N-dealkylation sites (tertiary alicyclic amines) is 1. The molecule has 2 fully saturated rings. The number of rotatable bonds is 7. The van der Waals surface area contributed by atoms with Gasteiger partial charge in [0.15, 0.2) is 0 Å². The van der Waals surface area contributed by atoms with Crippen LogP contribution in [0.1, 0.15) is 30.1 Å². The third kappa shape index (κ3) is 4.36. The summed E-state index contributed by atoms with van der Waals surface area (Å²) in [5.74, 6) is 1.46. The van der Waals surface area contributed by atoms with Gasteiger partial charge < -0.3 is 9.64 Å². The number of para-hydroxylation sites is 1. The maximum atomic E-state index is 13.0. The number of carbonyl (C=O) groups excluding carboxylic acids is 1. The Morgan fingerprint density at radius 2 is 1.85 bits per heavy atom. The Bertz CT molecular complexity index is 1270. The minimum Gasteiger partial charge on any atom is -0.457 e. The van der Waals surface area contributed by atoms with Crippen molar-refractivity contribution in [2.45, 2.75) is 37.2 Å². The highest BCUT2D eigenvalue weighted by Gasteiger charge is 2.38. The van der Waals surface area contributed by atoms with Gasteiger partial charge in [0.1, 0.15) is 17.2 Å². The van der Waals surface area contributed by atoms with Crippen LogP contribution in [0, 0.1) is 6.92 Å². The zero-order valence-corrected chi connectivity index (χ0v) is 19.1. The highest BCUT2D eigenvalue weighted by Crippen LogP contribution is 2.30. The van der Waals surface area contributed by atoms with E-state index in [0.29, 0.717) is 31.8 Å². The molecular formula is C23H25N5O4S. The summed E-state index contributed by atoms with van der Waals surface area (Å²) in [5, 5.41) is 8.29. The summed E-state index contributed by atoms with van der Waals surface area (Å²) in [7, 11) is -3.60. The fraction of sp³-hybridized carbons (Fsp3) is 0.348. The van der Waals surface area contributed by atoms with Crippen molar-refractivity contribution in [3.63, 3.8) is 0 Å². The Hall–Kier alpha value is -3.24. The predicted molar refractivity (Wildman–Crippen MR) is 120 cm³/mol. The van der Waals surface area contributed by atoms with E-state index in [9.17, 15) is 13.2 Å². The van der Waals surface area contributed by atoms with Gasteiger partial charge in [0.25, 0.3) is 0 Å². The van der Waals surface area contributed by atoms with Crippen molar-refractivity contribution in [3.05, 3.63) is 66.0 Å². The average Bonchev–Trinajstić information content (AvgIpc) is 3.38. The average molecular weight is 468 g/mol. The molecule has 5 rings (SSSR count). The summed E-state index contributed by atoms with van der Waals surface area (Å²) in [6.45, 7) is 3.81. The van der Waals surface area contributed by atoms with Gasteiger partial charge in [-0.25, -0.2) is 13.1 Å². The van der Waals surface area contributed by atoms with E-state index in [4.69, 9.17) is 4.74 Å². The van der Waals surface area contributed by atoms with Crippen LogP contribution in [0.2, 0.25) is 0 Å². The SMILES string of the molecule is Cc1ccccc1Oc1ccc(S(=O)(=O)N2CC(n3cc(CN4CCCC4=O)nn3)C2)cc1. The molecular weight excluding hydrogens is 442 g/mol. The quantitative estimate of drug-likeness (QED) is 0.530. The van der Waals surface area contributed by atoms with Gasteiger partial charge >= 0.3 is 0 Å². The smallest absolute Gasteiger partial charge is 0.243 e. The second-order valence-corrected chi connectivity index (χ2v) is 10.4. The van der Waals surface area contributed by atoms with Crippen LogP contribution in [0.25, 0.3) is 0 Å². The number of benzene rings is 2. The van der Waals surface area contributed by atoms with E-state index in [2.05, 4.69) is 10.3 Å². The molecule has 0 aliphatic carbocycles. The molecule has 0 N–H and O–H groups in total. The minimum absolute atomic E-state index is 0.0704. The first-order valence-corrected chi connectivity index (χ1v) is 12.4. The van der Waals surface area contributed by atoms with Gasteiger partial charge in [0, 0.05) is 26.1 Å². The highest BCUT2D eigenvalue weighted by atomic mass is 32.2. The monoisotopic (exact) mass is 467 g/mol. The van der Waals surface area contributed by atoms with Gasteiger partial charge in [0.05, 0.1) is 23.7 Å². The number of sulfonamides is 1. The zero-order valence-electron chi connectivity index (χ0n) is 18.3. The van der Waals surface area contributed by atoms with E-state index in [1.54, 1.807) is 40.0 Å². The zero-order chi connectivity index (χ0) is 23.0. The van der Waals surface area contributed by atoms with Gasteiger partial charge in [-0.05, 0) is 49.2 Å². The molecule has 10 heteroatoms. The van der Waals surface area contributed by atoms with E-state index in [1.165, 1.54) is 4.31 Å². The summed E-state index contributed by atoms with van der Waals surface area (Å²) in [4.78, 5) is 13.8. The number of aromatic nitrogens is 3. The molecule has 0 radical (unpaired) electrons. The second-order valence-electron chi connectivity index (χ2n) is 8.42. The minimum atomic E-state index is -3.60. The van der Waals surface area contributed by atoms with Crippen molar-refractivity contribution in [3.8, 4) is 11.5 Å². The molecule has 33 heavy (non-hydrogen) atoms. The third-order valence-electron chi connectivity index (χ3n) is 6.07. The third-order valence-corrected chi connectivity index (χ3v) is 7.91. The molecule has 2 saturated heterocycles. The van der Waals surface area contributed by atoms with Crippen molar-refractivity contribution < 1.29 is 17.9 Å². The molecule has 0 spiro atoms. The van der Waals surface area contributed by atoms with Crippen LogP contribution in [0.4, 0.5) is 0 Å². The first-order valence-electron chi connectivity index (χ1n) is 10.9. The van der Waals surface area contributed by atoms with E-state index >= 15 is 0 Å². The number of carbonyl (C=O) groups is 1. The first-order chi connectivity index (χ1) is 15.9. The second kappa shape index (κ2) is 8.60. The van der Waals surface area contributed by atoms with E-state index in [0.717, 1.165) is 30.0 Å². The van der Waals surface area contributed by atoms with Crippen LogP contribution >= 0.6 is 0 Å².